The average molecular weight is 554 g/mol. The third-order valence-corrected chi connectivity index (χ3v) is 12.4. The number of aliphatic hydroxyl groups excluding tert-OH is 1. The van der Waals surface area contributed by atoms with Crippen LogP contribution in [-0.4, -0.2) is 38.3 Å². The van der Waals surface area contributed by atoms with E-state index >= 15 is 0 Å². The summed E-state index contributed by atoms with van der Waals surface area (Å²) >= 11 is 0. The Morgan fingerprint density at radius 3 is 2.63 bits per heavy atom. The second-order valence-electron chi connectivity index (χ2n) is 14.6. The highest BCUT2D eigenvalue weighted by Crippen LogP contribution is 2.86. The molecule has 0 saturated heterocycles. The van der Waals surface area contributed by atoms with Crippen LogP contribution in [0, 0.1) is 28.6 Å². The van der Waals surface area contributed by atoms with Crippen molar-refractivity contribution < 1.29 is 5.11 Å². The molecule has 5 aliphatic rings. The van der Waals surface area contributed by atoms with Crippen LogP contribution in [0.5, 0.6) is 0 Å². The van der Waals surface area contributed by atoms with Gasteiger partial charge in [0.1, 0.15) is 5.65 Å². The van der Waals surface area contributed by atoms with E-state index in [9.17, 15) is 5.11 Å². The minimum atomic E-state index is -0.167. The van der Waals surface area contributed by atoms with Crippen LogP contribution in [0.2, 0.25) is 0 Å². The van der Waals surface area contributed by atoms with Crippen molar-refractivity contribution in [3.05, 3.63) is 42.2 Å². The Morgan fingerprint density at radius 1 is 1.05 bits per heavy atom. The first-order valence-electron chi connectivity index (χ1n) is 16.6. The summed E-state index contributed by atoms with van der Waals surface area (Å²) in [4.78, 5) is 9.78. The van der Waals surface area contributed by atoms with Gasteiger partial charge in [-0.15, -0.1) is 0 Å². The maximum absolute atomic E-state index is 10.1. The first kappa shape index (κ1) is 26.2. The molecule has 1 spiro atoms. The van der Waals surface area contributed by atoms with E-state index in [-0.39, 0.29) is 6.10 Å². The maximum atomic E-state index is 10.1. The van der Waals surface area contributed by atoms with Crippen LogP contribution in [0.15, 0.2) is 36.7 Å². The Bertz CT molecular complexity index is 1420. The normalized spacial score (nSPS) is 35.6. The Kier molecular flexibility index (Phi) is 6.27. The fourth-order valence-corrected chi connectivity index (χ4v) is 10.6. The van der Waals surface area contributed by atoms with E-state index in [1.807, 2.05) is 6.20 Å². The molecular weight excluding hydrogens is 506 g/mol. The average Bonchev–Trinajstić information content (AvgIpc) is 3.59. The first-order chi connectivity index (χ1) is 20.0. The van der Waals surface area contributed by atoms with E-state index in [0.717, 1.165) is 79.3 Å². The third kappa shape index (κ3) is 4.03. The zero-order valence-corrected chi connectivity index (χ0v) is 24.9. The van der Waals surface area contributed by atoms with E-state index in [1.165, 1.54) is 36.1 Å². The topological polar surface area (TPSA) is 75.0 Å². The maximum Gasteiger partial charge on any atom is 0.224 e. The van der Waals surface area contributed by atoms with E-state index < -0.39 is 0 Å². The van der Waals surface area contributed by atoms with E-state index in [1.54, 1.807) is 19.3 Å². The standard InChI is InChI=1S/C35H47N5O/c1-3-4-22(2)38-33-37-19-30-31(20-40(32(30)39-33)28-9-11-29(41)12-10-28)25-7-5-23(6-8-25)18-36-21-34-15-24-13-26-14-27(17-34)35(26,34)16-24/h5-8,19-20,22,24,26-29,36,41H,3-4,9-18,21H2,1-2H3,(H,37,38,39). The Morgan fingerprint density at radius 2 is 1.88 bits per heavy atom. The molecule has 5 saturated carbocycles. The number of nitrogens with zero attached hydrogens (tertiary/aromatic N) is 3. The zero-order chi connectivity index (χ0) is 27.8. The molecule has 0 aliphatic heterocycles. The minimum Gasteiger partial charge on any atom is -0.393 e. The number of rotatable bonds is 10. The number of hydrogen-bond donors (Lipinski definition) is 3. The Hall–Kier alpha value is -2.44. The summed E-state index contributed by atoms with van der Waals surface area (Å²) in [6.07, 6.45) is 17.7. The first-order valence-corrected chi connectivity index (χ1v) is 16.6. The largest absolute Gasteiger partial charge is 0.393 e. The lowest BCUT2D eigenvalue weighted by molar-refractivity contribution is -0.241. The van der Waals surface area contributed by atoms with Crippen molar-refractivity contribution in [2.24, 2.45) is 28.6 Å². The van der Waals surface area contributed by atoms with E-state index in [4.69, 9.17) is 9.97 Å². The van der Waals surface area contributed by atoms with Gasteiger partial charge in [0.05, 0.1) is 6.10 Å². The van der Waals surface area contributed by atoms with Gasteiger partial charge in [-0.3, -0.25) is 0 Å². The van der Waals surface area contributed by atoms with Gasteiger partial charge in [-0.25, -0.2) is 4.98 Å². The highest BCUT2D eigenvalue weighted by atomic mass is 16.3. The molecule has 5 aliphatic carbocycles. The summed E-state index contributed by atoms with van der Waals surface area (Å²) in [7, 11) is 0. The number of fused-ring (bicyclic) bond motifs is 2. The van der Waals surface area contributed by atoms with Crippen LogP contribution in [0.1, 0.15) is 96.1 Å². The van der Waals surface area contributed by atoms with Gasteiger partial charge in [-0.05, 0) is 111 Å². The van der Waals surface area contributed by atoms with Crippen LogP contribution in [0.25, 0.3) is 22.2 Å². The number of hydrogen-bond acceptors (Lipinski definition) is 5. The molecule has 6 atom stereocenters. The van der Waals surface area contributed by atoms with Crippen molar-refractivity contribution in [2.45, 2.75) is 109 Å². The SMILES string of the molecule is CCCC(C)Nc1ncc2c(-c3ccc(CNCC45CC6CC7CC(C4)C75C6)cc3)cn(C3CCC(O)CC3)c2n1. The van der Waals surface area contributed by atoms with Crippen molar-refractivity contribution in [1.82, 2.24) is 19.9 Å². The summed E-state index contributed by atoms with van der Waals surface area (Å²) in [6, 6.07) is 9.88. The van der Waals surface area contributed by atoms with Gasteiger partial charge in [-0.1, -0.05) is 37.6 Å². The predicted octanol–water partition coefficient (Wildman–Crippen LogP) is 7.09. The Labute approximate surface area is 244 Å². The van der Waals surface area contributed by atoms with Crippen molar-refractivity contribution in [1.29, 1.82) is 0 Å². The lowest BCUT2D eigenvalue weighted by Crippen LogP contribution is -2.69. The van der Waals surface area contributed by atoms with Gasteiger partial charge in [0.15, 0.2) is 0 Å². The molecule has 0 radical (unpaired) electrons. The molecule has 6 nitrogen and oxygen atoms in total. The monoisotopic (exact) mass is 553 g/mol. The summed E-state index contributed by atoms with van der Waals surface area (Å²) in [5.74, 6) is 3.88. The van der Waals surface area contributed by atoms with Crippen molar-refractivity contribution in [2.75, 3.05) is 11.9 Å². The summed E-state index contributed by atoms with van der Waals surface area (Å²) in [5.41, 5.74) is 6.18. The highest BCUT2D eigenvalue weighted by molar-refractivity contribution is 5.94. The van der Waals surface area contributed by atoms with E-state index in [2.05, 4.69) is 59.5 Å². The zero-order valence-electron chi connectivity index (χ0n) is 24.9. The number of anilines is 1. The molecule has 2 aromatic heterocycles. The molecule has 5 fully saturated rings. The molecule has 6 unspecified atom stereocenters. The minimum absolute atomic E-state index is 0.167. The fraction of sp³-hybridized carbons (Fsp3) is 0.657. The molecule has 2 bridgehead atoms. The van der Waals surface area contributed by atoms with Crippen LogP contribution < -0.4 is 10.6 Å². The van der Waals surface area contributed by atoms with Gasteiger partial charge in [0.2, 0.25) is 5.95 Å². The van der Waals surface area contributed by atoms with Gasteiger partial charge in [-0.2, -0.15) is 4.98 Å². The summed E-state index contributed by atoms with van der Waals surface area (Å²) in [5, 5.41) is 18.7. The van der Waals surface area contributed by atoms with Crippen LogP contribution in [-0.2, 0) is 6.54 Å². The van der Waals surface area contributed by atoms with Gasteiger partial charge in [0.25, 0.3) is 0 Å². The van der Waals surface area contributed by atoms with Gasteiger partial charge >= 0.3 is 0 Å². The Balaban J connectivity index is 1.01. The second-order valence-corrected chi connectivity index (χ2v) is 14.6. The lowest BCUT2D eigenvalue weighted by atomic mass is 9.32. The highest BCUT2D eigenvalue weighted by Gasteiger charge is 2.79. The summed E-state index contributed by atoms with van der Waals surface area (Å²) < 4.78 is 2.37. The quantitative estimate of drug-likeness (QED) is 0.250. The predicted molar refractivity (Wildman–Crippen MR) is 165 cm³/mol. The van der Waals surface area contributed by atoms with Gasteiger partial charge < -0.3 is 20.3 Å². The van der Waals surface area contributed by atoms with Crippen molar-refractivity contribution in [3.8, 4) is 11.1 Å². The molecular formula is C35H47N5O. The molecule has 2 heterocycles. The molecule has 1 aromatic carbocycles. The molecule has 3 aromatic rings. The number of nitrogens with one attached hydrogen (secondary N) is 2. The number of aromatic nitrogens is 3. The second kappa shape index (κ2) is 9.80. The molecule has 3 N–H and O–H groups in total. The lowest BCUT2D eigenvalue weighted by Gasteiger charge is -2.73. The van der Waals surface area contributed by atoms with Crippen molar-refractivity contribution >= 4 is 17.0 Å². The number of aliphatic hydroxyl groups is 1. The third-order valence-electron chi connectivity index (χ3n) is 12.4. The van der Waals surface area contributed by atoms with Crippen molar-refractivity contribution in [3.63, 3.8) is 0 Å². The van der Waals surface area contributed by atoms with Crippen LogP contribution >= 0.6 is 0 Å². The fourth-order valence-electron chi connectivity index (χ4n) is 10.6. The van der Waals surface area contributed by atoms with Crippen LogP contribution in [0.4, 0.5) is 5.95 Å². The molecule has 0 amide bonds. The van der Waals surface area contributed by atoms with Crippen LogP contribution in [0.3, 0.4) is 0 Å². The smallest absolute Gasteiger partial charge is 0.224 e. The summed E-state index contributed by atoms with van der Waals surface area (Å²) in [6.45, 7) is 6.58. The number of benzene rings is 1. The molecule has 218 valence electrons. The molecule has 41 heavy (non-hydrogen) atoms. The molecule has 8 rings (SSSR count). The molecule has 6 heteroatoms. The van der Waals surface area contributed by atoms with E-state index in [0.29, 0.717) is 23.4 Å². The van der Waals surface area contributed by atoms with Gasteiger partial charge in [0, 0.05) is 48.5 Å².